The van der Waals surface area contributed by atoms with Crippen molar-refractivity contribution in [2.75, 3.05) is 14.2 Å². The summed E-state index contributed by atoms with van der Waals surface area (Å²) in [6.45, 7) is 0.549. The van der Waals surface area contributed by atoms with E-state index in [-0.39, 0.29) is 5.91 Å². The Bertz CT molecular complexity index is 509. The van der Waals surface area contributed by atoms with Crippen molar-refractivity contribution >= 4 is 23.1 Å². The molecule has 2 N–H and O–H groups in total. The van der Waals surface area contributed by atoms with Crippen LogP contribution in [-0.4, -0.2) is 30.0 Å². The van der Waals surface area contributed by atoms with Gasteiger partial charge in [0.15, 0.2) is 0 Å². The van der Waals surface area contributed by atoms with Crippen molar-refractivity contribution in [3.63, 3.8) is 0 Å². The van der Waals surface area contributed by atoms with Crippen LogP contribution in [0, 0.1) is 5.41 Å². The molecule has 20 heavy (non-hydrogen) atoms. The second-order valence-electron chi connectivity index (χ2n) is 5.31. The van der Waals surface area contributed by atoms with Gasteiger partial charge in [-0.25, -0.2) is 0 Å². The summed E-state index contributed by atoms with van der Waals surface area (Å²) in [4.78, 5) is 14.6. The van der Waals surface area contributed by atoms with Crippen LogP contribution in [0.1, 0.15) is 24.8 Å². The molecule has 0 atom stereocenters. The van der Waals surface area contributed by atoms with E-state index in [0.29, 0.717) is 11.5 Å². The second-order valence-corrected chi connectivity index (χ2v) is 5.75. The summed E-state index contributed by atoms with van der Waals surface area (Å²) in [6, 6.07) is 7.69. The van der Waals surface area contributed by atoms with Crippen molar-refractivity contribution in [3.8, 4) is 5.75 Å². The highest BCUT2D eigenvalue weighted by Gasteiger charge is 2.48. The van der Waals surface area contributed by atoms with Crippen molar-refractivity contribution in [2.24, 2.45) is 11.1 Å². The topological polar surface area (TPSA) is 55.6 Å². The van der Waals surface area contributed by atoms with Crippen LogP contribution in [0.5, 0.6) is 5.75 Å². The minimum atomic E-state index is -0.601. The van der Waals surface area contributed by atoms with Gasteiger partial charge in [-0.3, -0.25) is 4.79 Å². The van der Waals surface area contributed by atoms with E-state index in [9.17, 15) is 4.79 Å². The third-order valence-electron chi connectivity index (χ3n) is 4.01. The number of ether oxygens (including phenoxy) is 1. The van der Waals surface area contributed by atoms with Crippen LogP contribution in [0.25, 0.3) is 0 Å². The zero-order chi connectivity index (χ0) is 14.8. The third-order valence-corrected chi connectivity index (χ3v) is 4.40. The predicted molar refractivity (Wildman–Crippen MR) is 82.5 cm³/mol. The van der Waals surface area contributed by atoms with E-state index < -0.39 is 5.41 Å². The van der Waals surface area contributed by atoms with Gasteiger partial charge in [-0.05, 0) is 30.5 Å². The number of hydrogen-bond acceptors (Lipinski definition) is 3. The standard InChI is InChI=1S/C15H20N2O2S/c1-17(10-11-4-6-12(19-2)7-5-11)14(18)15(13(16)20)8-3-9-15/h4-7H,3,8-10H2,1-2H3,(H2,16,20). The van der Waals surface area contributed by atoms with Gasteiger partial charge in [-0.1, -0.05) is 30.8 Å². The number of carbonyl (C=O) groups is 1. The quantitative estimate of drug-likeness (QED) is 0.845. The zero-order valence-corrected chi connectivity index (χ0v) is 12.7. The molecule has 1 aromatic carbocycles. The Hall–Kier alpha value is -1.62. The van der Waals surface area contributed by atoms with Gasteiger partial charge in [0.05, 0.1) is 17.5 Å². The van der Waals surface area contributed by atoms with E-state index in [0.717, 1.165) is 30.6 Å². The maximum absolute atomic E-state index is 12.5. The number of thiocarbonyl (C=S) groups is 1. The first-order valence-corrected chi connectivity index (χ1v) is 7.09. The molecule has 0 aromatic heterocycles. The van der Waals surface area contributed by atoms with Gasteiger partial charge in [-0.15, -0.1) is 0 Å². The summed E-state index contributed by atoms with van der Waals surface area (Å²) >= 11 is 5.09. The maximum Gasteiger partial charge on any atom is 0.235 e. The molecular formula is C15H20N2O2S. The summed E-state index contributed by atoms with van der Waals surface area (Å²) in [5.41, 5.74) is 6.22. The molecule has 1 saturated carbocycles. The largest absolute Gasteiger partial charge is 0.497 e. The van der Waals surface area contributed by atoms with Crippen LogP contribution in [0.2, 0.25) is 0 Å². The molecule has 0 radical (unpaired) electrons. The van der Waals surface area contributed by atoms with Crippen LogP contribution in [-0.2, 0) is 11.3 Å². The normalized spacial score (nSPS) is 16.1. The van der Waals surface area contributed by atoms with Crippen LogP contribution < -0.4 is 10.5 Å². The van der Waals surface area contributed by atoms with Gasteiger partial charge in [0.1, 0.15) is 5.75 Å². The van der Waals surface area contributed by atoms with Crippen molar-refractivity contribution < 1.29 is 9.53 Å². The highest BCUT2D eigenvalue weighted by Crippen LogP contribution is 2.42. The molecule has 2 rings (SSSR count). The van der Waals surface area contributed by atoms with Crippen molar-refractivity contribution in [3.05, 3.63) is 29.8 Å². The average Bonchev–Trinajstić information content (AvgIpc) is 2.37. The van der Waals surface area contributed by atoms with E-state index >= 15 is 0 Å². The van der Waals surface area contributed by atoms with Crippen molar-refractivity contribution in [2.45, 2.75) is 25.8 Å². The predicted octanol–water partition coefficient (Wildman–Crippen LogP) is 2.11. The summed E-state index contributed by atoms with van der Waals surface area (Å²) in [7, 11) is 3.43. The van der Waals surface area contributed by atoms with Crippen LogP contribution in [0.15, 0.2) is 24.3 Å². The molecular weight excluding hydrogens is 272 g/mol. The molecule has 0 heterocycles. The number of nitrogens with zero attached hydrogens (tertiary/aromatic N) is 1. The molecule has 108 valence electrons. The molecule has 1 fully saturated rings. The number of carbonyl (C=O) groups excluding carboxylic acids is 1. The number of rotatable bonds is 5. The summed E-state index contributed by atoms with van der Waals surface area (Å²) in [5.74, 6) is 0.841. The smallest absolute Gasteiger partial charge is 0.235 e. The molecule has 0 saturated heterocycles. The highest BCUT2D eigenvalue weighted by molar-refractivity contribution is 7.80. The Balaban J connectivity index is 2.05. The summed E-state index contributed by atoms with van der Waals surface area (Å²) in [5, 5.41) is 0. The van der Waals surface area contributed by atoms with Crippen LogP contribution in [0.4, 0.5) is 0 Å². The Kier molecular flexibility index (Phi) is 4.28. The first kappa shape index (κ1) is 14.8. The number of methoxy groups -OCH3 is 1. The van der Waals surface area contributed by atoms with Crippen molar-refractivity contribution in [1.29, 1.82) is 0 Å². The molecule has 0 bridgehead atoms. The van der Waals surface area contributed by atoms with E-state index in [4.69, 9.17) is 22.7 Å². The molecule has 1 aliphatic carbocycles. The van der Waals surface area contributed by atoms with E-state index in [1.165, 1.54) is 0 Å². The summed E-state index contributed by atoms with van der Waals surface area (Å²) < 4.78 is 5.12. The Labute approximate surface area is 124 Å². The fourth-order valence-corrected chi connectivity index (χ4v) is 2.83. The lowest BCUT2D eigenvalue weighted by atomic mass is 9.67. The van der Waals surface area contributed by atoms with Gasteiger partial charge in [0.2, 0.25) is 5.91 Å². The number of amides is 1. The molecule has 1 aromatic rings. The molecule has 4 nitrogen and oxygen atoms in total. The SMILES string of the molecule is COc1ccc(CN(C)C(=O)C2(C(N)=S)CCC2)cc1. The van der Waals surface area contributed by atoms with Gasteiger partial charge < -0.3 is 15.4 Å². The zero-order valence-electron chi connectivity index (χ0n) is 11.9. The van der Waals surface area contributed by atoms with E-state index in [2.05, 4.69) is 0 Å². The van der Waals surface area contributed by atoms with E-state index in [1.807, 2.05) is 24.3 Å². The molecule has 5 heteroatoms. The second kappa shape index (κ2) is 5.79. The minimum Gasteiger partial charge on any atom is -0.497 e. The van der Waals surface area contributed by atoms with Crippen LogP contribution in [0.3, 0.4) is 0 Å². The number of benzene rings is 1. The molecule has 0 spiro atoms. The maximum atomic E-state index is 12.5. The Morgan fingerprint density at radius 2 is 2.00 bits per heavy atom. The van der Waals surface area contributed by atoms with Gasteiger partial charge in [0, 0.05) is 13.6 Å². The van der Waals surface area contributed by atoms with Crippen LogP contribution >= 0.6 is 12.2 Å². The lowest BCUT2D eigenvalue weighted by molar-refractivity contribution is -0.141. The number of nitrogens with two attached hydrogens (primary N) is 1. The first-order chi connectivity index (χ1) is 9.49. The first-order valence-electron chi connectivity index (χ1n) is 6.68. The third kappa shape index (κ3) is 2.63. The Morgan fingerprint density at radius 1 is 1.40 bits per heavy atom. The van der Waals surface area contributed by atoms with Gasteiger partial charge in [-0.2, -0.15) is 0 Å². The molecule has 1 aliphatic rings. The Morgan fingerprint density at radius 3 is 2.40 bits per heavy atom. The lowest BCUT2D eigenvalue weighted by Gasteiger charge is -2.41. The average molecular weight is 292 g/mol. The van der Waals surface area contributed by atoms with Crippen molar-refractivity contribution in [1.82, 2.24) is 4.90 Å². The summed E-state index contributed by atoms with van der Waals surface area (Å²) in [6.07, 6.45) is 2.56. The van der Waals surface area contributed by atoms with Gasteiger partial charge in [0.25, 0.3) is 0 Å². The monoisotopic (exact) mass is 292 g/mol. The fraction of sp³-hybridized carbons (Fsp3) is 0.467. The molecule has 1 amide bonds. The molecule has 0 unspecified atom stereocenters. The minimum absolute atomic E-state index is 0.0343. The molecule has 0 aliphatic heterocycles. The fourth-order valence-electron chi connectivity index (χ4n) is 2.54. The van der Waals surface area contributed by atoms with Gasteiger partial charge >= 0.3 is 0 Å². The lowest BCUT2D eigenvalue weighted by Crippen LogP contribution is -2.53. The highest BCUT2D eigenvalue weighted by atomic mass is 32.1. The number of hydrogen-bond donors (Lipinski definition) is 1. The van der Waals surface area contributed by atoms with E-state index in [1.54, 1.807) is 19.1 Å².